The van der Waals surface area contributed by atoms with E-state index in [0.717, 1.165) is 24.0 Å². The molecule has 1 rings (SSSR count). The van der Waals surface area contributed by atoms with Crippen LogP contribution >= 0.6 is 0 Å². The van der Waals surface area contributed by atoms with Crippen molar-refractivity contribution in [2.75, 3.05) is 7.05 Å². The Morgan fingerprint density at radius 3 is 2.59 bits per heavy atom. The molecule has 17 heavy (non-hydrogen) atoms. The van der Waals surface area contributed by atoms with Crippen molar-refractivity contribution in [2.45, 2.75) is 32.2 Å². The molecule has 0 radical (unpaired) electrons. The van der Waals surface area contributed by atoms with Gasteiger partial charge in [-0.2, -0.15) is 0 Å². The maximum atomic E-state index is 13.0. The second kappa shape index (κ2) is 6.50. The zero-order valence-electron chi connectivity index (χ0n) is 10.4. The first-order valence-electron chi connectivity index (χ1n) is 5.84. The minimum atomic E-state index is -0.798. The molecule has 0 aliphatic carbocycles. The van der Waals surface area contributed by atoms with Crippen LogP contribution in [0, 0.1) is 11.6 Å². The summed E-state index contributed by atoms with van der Waals surface area (Å²) >= 11 is 0. The van der Waals surface area contributed by atoms with Gasteiger partial charge in [-0.15, -0.1) is 0 Å². The number of halogens is 2. The van der Waals surface area contributed by atoms with Gasteiger partial charge in [0.1, 0.15) is 0 Å². The highest BCUT2D eigenvalue weighted by Crippen LogP contribution is 2.14. The summed E-state index contributed by atoms with van der Waals surface area (Å²) < 4.78 is 25.8. The SMILES string of the molecule is C=C(CC)CC(Cc1ccc(F)c(F)c1)NC. The van der Waals surface area contributed by atoms with E-state index in [-0.39, 0.29) is 6.04 Å². The van der Waals surface area contributed by atoms with E-state index in [1.54, 1.807) is 6.07 Å². The van der Waals surface area contributed by atoms with Crippen LogP contribution in [-0.2, 0) is 6.42 Å². The van der Waals surface area contributed by atoms with Gasteiger partial charge in [0, 0.05) is 6.04 Å². The van der Waals surface area contributed by atoms with Crippen molar-refractivity contribution in [2.24, 2.45) is 0 Å². The average Bonchev–Trinajstić information content (AvgIpc) is 2.32. The molecule has 0 bridgehead atoms. The molecule has 1 N–H and O–H groups in total. The molecule has 0 amide bonds. The zero-order valence-corrected chi connectivity index (χ0v) is 10.4. The second-order valence-corrected chi connectivity index (χ2v) is 4.25. The quantitative estimate of drug-likeness (QED) is 0.750. The van der Waals surface area contributed by atoms with E-state index >= 15 is 0 Å². The van der Waals surface area contributed by atoms with E-state index in [1.165, 1.54) is 12.1 Å². The number of hydrogen-bond acceptors (Lipinski definition) is 1. The Kier molecular flexibility index (Phi) is 5.29. The molecule has 3 heteroatoms. The number of rotatable bonds is 6. The van der Waals surface area contributed by atoms with Crippen molar-refractivity contribution in [3.05, 3.63) is 47.5 Å². The molecule has 0 heterocycles. The molecular weight excluding hydrogens is 220 g/mol. The highest BCUT2D eigenvalue weighted by Gasteiger charge is 2.10. The first-order valence-corrected chi connectivity index (χ1v) is 5.84. The average molecular weight is 239 g/mol. The molecule has 0 aliphatic heterocycles. The van der Waals surface area contributed by atoms with Gasteiger partial charge in [0.05, 0.1) is 0 Å². The van der Waals surface area contributed by atoms with Crippen LogP contribution in [0.15, 0.2) is 30.4 Å². The summed E-state index contributed by atoms with van der Waals surface area (Å²) in [7, 11) is 1.87. The molecule has 0 saturated carbocycles. The van der Waals surface area contributed by atoms with Crippen molar-refractivity contribution in [1.29, 1.82) is 0 Å². The summed E-state index contributed by atoms with van der Waals surface area (Å²) in [5, 5.41) is 3.17. The predicted molar refractivity (Wildman–Crippen MR) is 67.0 cm³/mol. The fraction of sp³-hybridized carbons (Fsp3) is 0.429. The van der Waals surface area contributed by atoms with Crippen LogP contribution < -0.4 is 5.32 Å². The second-order valence-electron chi connectivity index (χ2n) is 4.25. The molecule has 1 unspecified atom stereocenters. The first kappa shape index (κ1) is 13.8. The fourth-order valence-corrected chi connectivity index (χ4v) is 1.72. The highest BCUT2D eigenvalue weighted by atomic mass is 19.2. The number of likely N-dealkylation sites (N-methyl/N-ethyl adjacent to an activating group) is 1. The molecule has 0 aromatic heterocycles. The summed E-state index contributed by atoms with van der Waals surface area (Å²) in [5.74, 6) is -1.58. The lowest BCUT2D eigenvalue weighted by molar-refractivity contribution is 0.502. The summed E-state index contributed by atoms with van der Waals surface area (Å²) in [6.45, 7) is 6.02. The van der Waals surface area contributed by atoms with Gasteiger partial charge in [0.25, 0.3) is 0 Å². The van der Waals surface area contributed by atoms with Crippen LogP contribution in [0.3, 0.4) is 0 Å². The maximum absolute atomic E-state index is 13.0. The molecule has 0 fully saturated rings. The summed E-state index contributed by atoms with van der Waals surface area (Å²) in [4.78, 5) is 0. The summed E-state index contributed by atoms with van der Waals surface area (Å²) in [5.41, 5.74) is 1.96. The Morgan fingerprint density at radius 2 is 2.06 bits per heavy atom. The van der Waals surface area contributed by atoms with Crippen LogP contribution in [-0.4, -0.2) is 13.1 Å². The topological polar surface area (TPSA) is 12.0 Å². The molecule has 0 saturated heterocycles. The van der Waals surface area contributed by atoms with E-state index < -0.39 is 11.6 Å². The van der Waals surface area contributed by atoms with E-state index in [4.69, 9.17) is 0 Å². The van der Waals surface area contributed by atoms with Crippen LogP contribution in [0.5, 0.6) is 0 Å². The molecule has 94 valence electrons. The molecule has 0 spiro atoms. The Bertz CT molecular complexity index is 388. The number of nitrogens with one attached hydrogen (secondary N) is 1. The third kappa shape index (κ3) is 4.27. The predicted octanol–water partition coefficient (Wildman–Crippen LogP) is 3.45. The van der Waals surface area contributed by atoms with Crippen LogP contribution in [0.2, 0.25) is 0 Å². The smallest absolute Gasteiger partial charge is 0.159 e. The van der Waals surface area contributed by atoms with Gasteiger partial charge < -0.3 is 5.32 Å². The first-order chi connectivity index (χ1) is 8.06. The van der Waals surface area contributed by atoms with Gasteiger partial charge in [0.15, 0.2) is 11.6 Å². The van der Waals surface area contributed by atoms with Gasteiger partial charge in [-0.05, 0) is 44.0 Å². The third-order valence-corrected chi connectivity index (χ3v) is 2.91. The molecule has 1 aromatic carbocycles. The van der Waals surface area contributed by atoms with Crippen molar-refractivity contribution < 1.29 is 8.78 Å². The van der Waals surface area contributed by atoms with Gasteiger partial charge in [-0.3, -0.25) is 0 Å². The van der Waals surface area contributed by atoms with Gasteiger partial charge in [-0.25, -0.2) is 8.78 Å². The Balaban J connectivity index is 2.67. The summed E-state index contributed by atoms with van der Waals surface area (Å²) in [6.07, 6.45) is 2.47. The number of benzene rings is 1. The van der Waals surface area contributed by atoms with Crippen molar-refractivity contribution >= 4 is 0 Å². The van der Waals surface area contributed by atoms with Crippen LogP contribution in [0.4, 0.5) is 8.78 Å². The number of hydrogen-bond donors (Lipinski definition) is 1. The van der Waals surface area contributed by atoms with E-state index in [9.17, 15) is 8.78 Å². The van der Waals surface area contributed by atoms with Gasteiger partial charge in [-0.1, -0.05) is 25.1 Å². The Labute approximate surface area is 102 Å². The van der Waals surface area contributed by atoms with Gasteiger partial charge >= 0.3 is 0 Å². The van der Waals surface area contributed by atoms with Crippen LogP contribution in [0.1, 0.15) is 25.3 Å². The van der Waals surface area contributed by atoms with E-state index in [1.807, 2.05) is 7.05 Å². The minimum absolute atomic E-state index is 0.215. The monoisotopic (exact) mass is 239 g/mol. The molecular formula is C14H19F2N. The lowest BCUT2D eigenvalue weighted by Gasteiger charge is -2.17. The molecule has 1 atom stereocenters. The Hall–Kier alpha value is -1.22. The molecule has 1 nitrogen and oxygen atoms in total. The molecule has 1 aromatic rings. The van der Waals surface area contributed by atoms with E-state index in [2.05, 4.69) is 18.8 Å². The third-order valence-electron chi connectivity index (χ3n) is 2.91. The Morgan fingerprint density at radius 1 is 1.35 bits per heavy atom. The zero-order chi connectivity index (χ0) is 12.8. The standard InChI is InChI=1S/C14H19F2N/c1-4-10(2)7-12(17-3)8-11-5-6-13(15)14(16)9-11/h5-6,9,12,17H,2,4,7-8H2,1,3H3. The van der Waals surface area contributed by atoms with Crippen LogP contribution in [0.25, 0.3) is 0 Å². The van der Waals surface area contributed by atoms with Gasteiger partial charge in [0.2, 0.25) is 0 Å². The fourth-order valence-electron chi connectivity index (χ4n) is 1.72. The van der Waals surface area contributed by atoms with Crippen molar-refractivity contribution in [3.63, 3.8) is 0 Å². The summed E-state index contributed by atoms with van der Waals surface area (Å²) in [6, 6.07) is 4.27. The lowest BCUT2D eigenvalue weighted by atomic mass is 9.98. The van der Waals surface area contributed by atoms with E-state index in [0.29, 0.717) is 6.42 Å². The molecule has 0 aliphatic rings. The largest absolute Gasteiger partial charge is 0.316 e. The minimum Gasteiger partial charge on any atom is -0.316 e. The normalized spacial score (nSPS) is 12.5. The van der Waals surface area contributed by atoms with Crippen molar-refractivity contribution in [3.8, 4) is 0 Å². The lowest BCUT2D eigenvalue weighted by Crippen LogP contribution is -2.28. The van der Waals surface area contributed by atoms with Crippen molar-refractivity contribution in [1.82, 2.24) is 5.32 Å². The maximum Gasteiger partial charge on any atom is 0.159 e. The highest BCUT2D eigenvalue weighted by molar-refractivity contribution is 5.19.